The van der Waals surface area contributed by atoms with Crippen molar-refractivity contribution < 1.29 is 4.79 Å². The minimum absolute atomic E-state index is 0. The largest absolute Gasteiger partial charge is 0.353 e. The Kier molecular flexibility index (Phi) is 12.7. The van der Waals surface area contributed by atoms with Crippen LogP contribution in [0.5, 0.6) is 0 Å². The fourth-order valence-corrected chi connectivity index (χ4v) is 2.73. The van der Waals surface area contributed by atoms with E-state index in [2.05, 4.69) is 29.1 Å². The number of likely N-dealkylation sites (N-methyl/N-ethyl adjacent to an activating group) is 1. The summed E-state index contributed by atoms with van der Waals surface area (Å²) in [6.07, 6.45) is 0. The lowest BCUT2D eigenvalue weighted by Gasteiger charge is -2.37. The van der Waals surface area contributed by atoms with Crippen LogP contribution < -0.4 is 11.1 Å². The van der Waals surface area contributed by atoms with Gasteiger partial charge >= 0.3 is 0 Å². The van der Waals surface area contributed by atoms with Crippen LogP contribution >= 0.6 is 37.2 Å². The number of rotatable bonds is 5. The maximum atomic E-state index is 12.4. The number of carbonyl (C=O) groups excluding carboxylic acids is 1. The van der Waals surface area contributed by atoms with Crippen molar-refractivity contribution in [3.05, 3.63) is 35.9 Å². The van der Waals surface area contributed by atoms with Crippen molar-refractivity contribution in [3.63, 3.8) is 0 Å². The Morgan fingerprint density at radius 1 is 1.16 bits per heavy atom. The molecule has 0 saturated carbocycles. The number of amides is 1. The Hall–Kier alpha value is -0.560. The fraction of sp³-hybridized carbons (Fsp3) is 0.588. The highest BCUT2D eigenvalue weighted by atomic mass is 35.5. The molecule has 1 aliphatic rings. The minimum atomic E-state index is -0.997. The summed E-state index contributed by atoms with van der Waals surface area (Å²) in [6, 6.07) is 9.84. The first-order valence-corrected chi connectivity index (χ1v) is 7.96. The molecule has 1 aliphatic heterocycles. The zero-order valence-electron chi connectivity index (χ0n) is 15.1. The van der Waals surface area contributed by atoms with E-state index in [1.54, 1.807) is 6.92 Å². The minimum Gasteiger partial charge on any atom is -0.353 e. The smallest absolute Gasteiger partial charge is 0.244 e. The van der Waals surface area contributed by atoms with Crippen LogP contribution in [0.2, 0.25) is 0 Å². The number of halogens is 3. The Morgan fingerprint density at radius 3 is 2.20 bits per heavy atom. The summed E-state index contributed by atoms with van der Waals surface area (Å²) in [5.41, 5.74) is 6.07. The first-order valence-electron chi connectivity index (χ1n) is 7.96. The van der Waals surface area contributed by atoms with Gasteiger partial charge in [0.25, 0.3) is 0 Å². The van der Waals surface area contributed by atoms with Crippen LogP contribution in [0.3, 0.4) is 0 Å². The summed E-state index contributed by atoms with van der Waals surface area (Å²) in [5.74, 6) is -0.125. The van der Waals surface area contributed by atoms with E-state index < -0.39 is 5.54 Å². The summed E-state index contributed by atoms with van der Waals surface area (Å²) in [5, 5.41) is 3.01. The molecule has 2 rings (SSSR count). The molecule has 1 heterocycles. The summed E-state index contributed by atoms with van der Waals surface area (Å²) in [6.45, 7) is 8.80. The number of piperazine rings is 1. The van der Waals surface area contributed by atoms with Gasteiger partial charge in [-0.15, -0.1) is 37.2 Å². The van der Waals surface area contributed by atoms with Crippen LogP contribution in [0.15, 0.2) is 30.3 Å². The highest BCUT2D eigenvalue weighted by Crippen LogP contribution is 2.17. The lowest BCUT2D eigenvalue weighted by atomic mass is 9.92. The number of hydrogen-bond acceptors (Lipinski definition) is 4. The van der Waals surface area contributed by atoms with Gasteiger partial charge in [0, 0.05) is 38.8 Å². The fourth-order valence-electron chi connectivity index (χ4n) is 2.73. The SMILES string of the molecule is CC(CNC(=O)C(C)(N)c1ccccc1)N1CCN(C)CC1.Cl.Cl.Cl. The predicted octanol–water partition coefficient (Wildman–Crippen LogP) is 1.88. The van der Waals surface area contributed by atoms with Crippen molar-refractivity contribution in [2.45, 2.75) is 25.4 Å². The molecule has 0 spiro atoms. The monoisotopic (exact) mass is 412 g/mol. The van der Waals surface area contributed by atoms with Crippen molar-refractivity contribution in [1.29, 1.82) is 0 Å². The highest BCUT2D eigenvalue weighted by molar-refractivity contribution is 5.87. The maximum Gasteiger partial charge on any atom is 0.244 e. The molecule has 2 atom stereocenters. The molecule has 0 bridgehead atoms. The van der Waals surface area contributed by atoms with Crippen LogP contribution in [-0.2, 0) is 10.3 Å². The molecule has 3 N–H and O–H groups in total. The average Bonchev–Trinajstić information content (AvgIpc) is 2.53. The van der Waals surface area contributed by atoms with Gasteiger partial charge < -0.3 is 16.0 Å². The van der Waals surface area contributed by atoms with Crippen LogP contribution in [0.25, 0.3) is 0 Å². The Labute approximate surface area is 169 Å². The third kappa shape index (κ3) is 7.29. The molecule has 1 aromatic carbocycles. The molecule has 5 nitrogen and oxygen atoms in total. The van der Waals surface area contributed by atoms with Gasteiger partial charge in [-0.3, -0.25) is 9.69 Å². The molecule has 0 aliphatic carbocycles. The molecule has 8 heteroatoms. The molecule has 1 amide bonds. The van der Waals surface area contributed by atoms with E-state index in [1.807, 2.05) is 30.3 Å². The van der Waals surface area contributed by atoms with E-state index in [0.29, 0.717) is 12.6 Å². The van der Waals surface area contributed by atoms with E-state index in [1.165, 1.54) is 0 Å². The summed E-state index contributed by atoms with van der Waals surface area (Å²) in [4.78, 5) is 17.2. The molecule has 146 valence electrons. The number of nitrogens with one attached hydrogen (secondary N) is 1. The first kappa shape index (κ1) is 26.7. The summed E-state index contributed by atoms with van der Waals surface area (Å²) in [7, 11) is 2.14. The van der Waals surface area contributed by atoms with Gasteiger partial charge in [-0.1, -0.05) is 30.3 Å². The molecular formula is C17H31Cl3N4O. The second kappa shape index (κ2) is 11.9. The number of carbonyl (C=O) groups is 1. The number of nitrogens with zero attached hydrogens (tertiary/aromatic N) is 2. The van der Waals surface area contributed by atoms with Crippen molar-refractivity contribution in [1.82, 2.24) is 15.1 Å². The van der Waals surface area contributed by atoms with Crippen LogP contribution in [0.1, 0.15) is 19.4 Å². The number of nitrogens with two attached hydrogens (primary N) is 1. The lowest BCUT2D eigenvalue weighted by molar-refractivity contribution is -0.126. The lowest BCUT2D eigenvalue weighted by Crippen LogP contribution is -2.54. The Morgan fingerprint density at radius 2 is 1.68 bits per heavy atom. The third-order valence-electron chi connectivity index (χ3n) is 4.56. The van der Waals surface area contributed by atoms with Gasteiger partial charge in [-0.25, -0.2) is 0 Å². The van der Waals surface area contributed by atoms with Gasteiger partial charge in [0.1, 0.15) is 5.54 Å². The van der Waals surface area contributed by atoms with Crippen LogP contribution in [0.4, 0.5) is 0 Å². The predicted molar refractivity (Wildman–Crippen MR) is 111 cm³/mol. The van der Waals surface area contributed by atoms with E-state index in [4.69, 9.17) is 5.73 Å². The van der Waals surface area contributed by atoms with E-state index >= 15 is 0 Å². The number of benzene rings is 1. The average molecular weight is 414 g/mol. The molecule has 25 heavy (non-hydrogen) atoms. The van der Waals surface area contributed by atoms with Crippen LogP contribution in [-0.4, -0.2) is 61.5 Å². The second-order valence-corrected chi connectivity index (χ2v) is 6.47. The zero-order valence-corrected chi connectivity index (χ0v) is 17.6. The van der Waals surface area contributed by atoms with Crippen molar-refractivity contribution in [2.75, 3.05) is 39.8 Å². The highest BCUT2D eigenvalue weighted by Gasteiger charge is 2.30. The summed E-state index contributed by atoms with van der Waals surface area (Å²) < 4.78 is 0. The second-order valence-electron chi connectivity index (χ2n) is 6.47. The molecule has 1 saturated heterocycles. The van der Waals surface area contributed by atoms with Crippen LogP contribution in [0, 0.1) is 0 Å². The maximum absolute atomic E-state index is 12.4. The first-order chi connectivity index (χ1) is 10.4. The van der Waals surface area contributed by atoms with Gasteiger partial charge in [-0.05, 0) is 26.5 Å². The van der Waals surface area contributed by atoms with Crippen molar-refractivity contribution in [3.8, 4) is 0 Å². The van der Waals surface area contributed by atoms with Crippen molar-refractivity contribution in [2.24, 2.45) is 5.73 Å². The third-order valence-corrected chi connectivity index (χ3v) is 4.56. The molecule has 1 fully saturated rings. The normalized spacial score (nSPS) is 18.6. The molecule has 2 unspecified atom stereocenters. The van der Waals surface area contributed by atoms with Crippen molar-refractivity contribution >= 4 is 43.1 Å². The van der Waals surface area contributed by atoms with Gasteiger partial charge in [-0.2, -0.15) is 0 Å². The van der Waals surface area contributed by atoms with Gasteiger partial charge in [0.15, 0.2) is 0 Å². The van der Waals surface area contributed by atoms with E-state index in [0.717, 1.165) is 31.7 Å². The molecule has 0 aromatic heterocycles. The molecular weight excluding hydrogens is 383 g/mol. The zero-order chi connectivity index (χ0) is 16.2. The van der Waals surface area contributed by atoms with Gasteiger partial charge in [0.05, 0.1) is 0 Å². The Bertz CT molecular complexity index is 494. The van der Waals surface area contributed by atoms with E-state index in [-0.39, 0.29) is 43.1 Å². The number of hydrogen-bond donors (Lipinski definition) is 2. The Balaban J connectivity index is 0. The molecule has 1 aromatic rings. The van der Waals surface area contributed by atoms with Gasteiger partial charge in [0.2, 0.25) is 5.91 Å². The standard InChI is InChI=1S/C17H28N4O.3ClH/c1-14(21-11-9-20(3)10-12-21)13-19-16(22)17(2,18)15-7-5-4-6-8-15;;;/h4-8,14H,9-13,18H2,1-3H3,(H,19,22);3*1H. The van der Waals surface area contributed by atoms with E-state index in [9.17, 15) is 4.79 Å². The molecule has 0 radical (unpaired) electrons. The topological polar surface area (TPSA) is 61.6 Å². The summed E-state index contributed by atoms with van der Waals surface area (Å²) >= 11 is 0. The quantitative estimate of drug-likeness (QED) is 0.774.